The topological polar surface area (TPSA) is 61.3 Å². The molecule has 0 radical (unpaired) electrons. The minimum absolute atomic E-state index is 0.174. The molecule has 1 aromatic heterocycles. The molecule has 2 aromatic rings. The van der Waals surface area contributed by atoms with Gasteiger partial charge in [0.2, 0.25) is 0 Å². The second kappa shape index (κ2) is 11.6. The summed E-state index contributed by atoms with van der Waals surface area (Å²) in [7, 11) is 0. The number of nitrogens with one attached hydrogen (secondary N) is 3. The Balaban J connectivity index is 0.00000145. The summed E-state index contributed by atoms with van der Waals surface area (Å²) in [6.07, 6.45) is 6.67. The van der Waals surface area contributed by atoms with Gasteiger partial charge in [-0.15, -0.1) is 0 Å². The van der Waals surface area contributed by atoms with Crippen molar-refractivity contribution >= 4 is 23.1 Å². The molecule has 2 atom stereocenters. The van der Waals surface area contributed by atoms with Crippen LogP contribution in [0.4, 0.5) is 5.69 Å². The van der Waals surface area contributed by atoms with Crippen LogP contribution in [0.1, 0.15) is 58.3 Å². The van der Waals surface area contributed by atoms with Crippen LogP contribution in [-0.4, -0.2) is 23.4 Å². The zero-order chi connectivity index (χ0) is 21.2. The molecule has 0 saturated heterocycles. The predicted octanol–water partition coefficient (Wildman–Crippen LogP) is 5.51. The summed E-state index contributed by atoms with van der Waals surface area (Å²) in [4.78, 5) is 8.99. The zero-order valence-electron chi connectivity index (χ0n) is 18.0. The van der Waals surface area contributed by atoms with Crippen molar-refractivity contribution in [3.8, 4) is 0 Å². The molecule has 0 aliphatic carbocycles. The first-order valence-corrected chi connectivity index (χ1v) is 10.7. The first kappa shape index (κ1) is 22.9. The summed E-state index contributed by atoms with van der Waals surface area (Å²) in [5.74, 6) is 0.810. The first-order chi connectivity index (χ1) is 14.1. The molecule has 0 saturated carbocycles. The number of anilines is 1. The highest BCUT2D eigenvalue weighted by Gasteiger charge is 2.22. The number of fused-ring (bicyclic) bond motifs is 1. The average Bonchev–Trinajstić information content (AvgIpc) is 2.74. The van der Waals surface area contributed by atoms with Gasteiger partial charge in [0.15, 0.2) is 0 Å². The van der Waals surface area contributed by atoms with Gasteiger partial charge in [-0.05, 0) is 68.8 Å². The molecule has 1 aromatic carbocycles. The summed E-state index contributed by atoms with van der Waals surface area (Å²) in [6.45, 7) is 11.4. The lowest BCUT2D eigenvalue weighted by Gasteiger charge is -2.27. The van der Waals surface area contributed by atoms with Gasteiger partial charge >= 0.3 is 0 Å². The van der Waals surface area contributed by atoms with E-state index in [9.17, 15) is 0 Å². The van der Waals surface area contributed by atoms with Gasteiger partial charge in [0, 0.05) is 40.4 Å². The normalized spacial score (nSPS) is 16.6. The molecule has 0 bridgehead atoms. The Bertz CT molecular complexity index is 832. The monoisotopic (exact) mass is 413 g/mol. The number of hydrogen-bond donors (Lipinski definition) is 3. The van der Waals surface area contributed by atoms with Crippen molar-refractivity contribution in [3.05, 3.63) is 70.6 Å². The van der Waals surface area contributed by atoms with Crippen molar-refractivity contribution in [2.45, 2.75) is 53.2 Å². The lowest BCUT2D eigenvalue weighted by molar-refractivity contribution is 0.620. The van der Waals surface area contributed by atoms with Crippen molar-refractivity contribution in [3.63, 3.8) is 0 Å². The predicted molar refractivity (Wildman–Crippen MR) is 125 cm³/mol. The quantitative estimate of drug-likeness (QED) is 0.584. The van der Waals surface area contributed by atoms with Gasteiger partial charge in [0.25, 0.3) is 0 Å². The Morgan fingerprint density at radius 3 is 2.66 bits per heavy atom. The summed E-state index contributed by atoms with van der Waals surface area (Å²) in [6, 6.07) is 10.0. The molecule has 29 heavy (non-hydrogen) atoms. The number of hydrogen-bond acceptors (Lipinski definition) is 5. The smallest absolute Gasteiger partial charge is 0.147 e. The van der Waals surface area contributed by atoms with Gasteiger partial charge < -0.3 is 16.0 Å². The number of halogens is 1. The van der Waals surface area contributed by atoms with Crippen LogP contribution in [0.3, 0.4) is 0 Å². The van der Waals surface area contributed by atoms with Gasteiger partial charge in [-0.25, -0.2) is 4.99 Å². The number of nitrogens with zero attached hydrogens (tertiary/aromatic N) is 2. The average molecular weight is 414 g/mol. The molecule has 3 N–H and O–H groups in total. The van der Waals surface area contributed by atoms with E-state index < -0.39 is 0 Å². The lowest BCUT2D eigenvalue weighted by Crippen LogP contribution is -2.31. The molecular weight excluding hydrogens is 382 g/mol. The number of allylic oxidation sites excluding steroid dienone is 1. The molecule has 0 amide bonds. The van der Waals surface area contributed by atoms with Crippen LogP contribution in [0.5, 0.6) is 0 Å². The van der Waals surface area contributed by atoms with Crippen LogP contribution < -0.4 is 16.0 Å². The second-order valence-electron chi connectivity index (χ2n) is 6.71. The van der Waals surface area contributed by atoms with E-state index in [4.69, 9.17) is 16.6 Å². The van der Waals surface area contributed by atoms with E-state index in [1.54, 1.807) is 12.4 Å². The van der Waals surface area contributed by atoms with Gasteiger partial charge in [-0.2, -0.15) is 0 Å². The standard InChI is InChI=1S/C21H26ClN5.C2H6/c1-4-9-24-14(2)12-15(3)25-21-18-13-17(22)5-6-19(18)26-20(27-21)16-7-10-23-11-8-16;1-2/h5-8,10-14,20,24,26H,4,9H2,1-3H3,(H,25,27);1-2H3/b15-12+;. The van der Waals surface area contributed by atoms with E-state index in [-0.39, 0.29) is 12.2 Å². The zero-order valence-corrected chi connectivity index (χ0v) is 18.7. The number of aromatic nitrogens is 1. The van der Waals surface area contributed by atoms with Crippen LogP contribution in [-0.2, 0) is 0 Å². The van der Waals surface area contributed by atoms with Crippen molar-refractivity contribution in [2.24, 2.45) is 4.99 Å². The van der Waals surface area contributed by atoms with E-state index in [0.29, 0.717) is 5.02 Å². The number of aliphatic imine (C=N–C) groups is 1. The van der Waals surface area contributed by atoms with Crippen LogP contribution in [0.15, 0.2) is 59.5 Å². The minimum Gasteiger partial charge on any atom is -0.359 e. The van der Waals surface area contributed by atoms with Crippen LogP contribution in [0.2, 0.25) is 5.02 Å². The van der Waals surface area contributed by atoms with Crippen molar-refractivity contribution in [1.29, 1.82) is 0 Å². The molecule has 0 spiro atoms. The van der Waals surface area contributed by atoms with Crippen molar-refractivity contribution < 1.29 is 0 Å². The van der Waals surface area contributed by atoms with E-state index >= 15 is 0 Å². The number of rotatable bonds is 6. The third-order valence-corrected chi connectivity index (χ3v) is 4.58. The molecule has 0 fully saturated rings. The number of pyridine rings is 1. The van der Waals surface area contributed by atoms with Gasteiger partial charge in [-0.1, -0.05) is 32.4 Å². The van der Waals surface area contributed by atoms with Crippen LogP contribution in [0, 0.1) is 0 Å². The highest BCUT2D eigenvalue weighted by atomic mass is 35.5. The van der Waals surface area contributed by atoms with E-state index in [1.165, 1.54) is 0 Å². The molecule has 2 unspecified atom stereocenters. The van der Waals surface area contributed by atoms with E-state index in [1.807, 2.05) is 44.2 Å². The second-order valence-corrected chi connectivity index (χ2v) is 7.15. The minimum atomic E-state index is -0.174. The van der Waals surface area contributed by atoms with Crippen LogP contribution in [0.25, 0.3) is 0 Å². The molecular formula is C23H32ClN5. The Hall–Kier alpha value is -2.37. The Labute approximate surface area is 179 Å². The van der Waals surface area contributed by atoms with Crippen LogP contribution >= 0.6 is 11.6 Å². The third-order valence-electron chi connectivity index (χ3n) is 4.34. The molecule has 1 aliphatic heterocycles. The Kier molecular flexibility index (Phi) is 9.16. The third kappa shape index (κ3) is 6.58. The summed E-state index contributed by atoms with van der Waals surface area (Å²) >= 11 is 6.23. The summed E-state index contributed by atoms with van der Waals surface area (Å²) in [5, 5.41) is 11.1. The SMILES string of the molecule is CC.CCCNC(C)/C=C(\C)NC1=NC(c2ccncc2)Nc2ccc(Cl)cc21. The largest absolute Gasteiger partial charge is 0.359 e. The highest BCUT2D eigenvalue weighted by Crippen LogP contribution is 2.31. The highest BCUT2D eigenvalue weighted by molar-refractivity contribution is 6.31. The number of amidine groups is 1. The van der Waals surface area contributed by atoms with E-state index in [2.05, 4.69) is 47.8 Å². The fourth-order valence-corrected chi connectivity index (χ4v) is 3.23. The van der Waals surface area contributed by atoms with Gasteiger partial charge in [0.05, 0.1) is 0 Å². The molecule has 1 aliphatic rings. The molecule has 5 nitrogen and oxygen atoms in total. The number of benzene rings is 1. The molecule has 156 valence electrons. The fraction of sp³-hybridized carbons (Fsp3) is 0.391. The van der Waals surface area contributed by atoms with E-state index in [0.717, 1.165) is 41.3 Å². The maximum Gasteiger partial charge on any atom is 0.147 e. The molecule has 6 heteroatoms. The molecule has 3 rings (SSSR count). The maximum atomic E-state index is 6.23. The van der Waals surface area contributed by atoms with Crippen molar-refractivity contribution in [1.82, 2.24) is 15.6 Å². The van der Waals surface area contributed by atoms with Gasteiger partial charge in [-0.3, -0.25) is 4.98 Å². The van der Waals surface area contributed by atoms with Crippen molar-refractivity contribution in [2.75, 3.05) is 11.9 Å². The van der Waals surface area contributed by atoms with Gasteiger partial charge in [0.1, 0.15) is 12.0 Å². The molecule has 2 heterocycles. The lowest BCUT2D eigenvalue weighted by atomic mass is 10.1. The summed E-state index contributed by atoms with van der Waals surface area (Å²) < 4.78 is 0. The first-order valence-electron chi connectivity index (χ1n) is 10.3. The fourth-order valence-electron chi connectivity index (χ4n) is 3.05. The Morgan fingerprint density at radius 2 is 1.97 bits per heavy atom. The maximum absolute atomic E-state index is 6.23. The Morgan fingerprint density at radius 1 is 1.24 bits per heavy atom. The summed E-state index contributed by atoms with van der Waals surface area (Å²) in [5.41, 5.74) is 4.08.